The molecule has 3 aliphatic rings. The van der Waals surface area contributed by atoms with Gasteiger partial charge >= 0.3 is 5.97 Å². The molecule has 2 aromatic rings. The summed E-state index contributed by atoms with van der Waals surface area (Å²) in [5.41, 5.74) is 2.04. The first kappa shape index (κ1) is 38.9. The van der Waals surface area contributed by atoms with Crippen LogP contribution in [0.25, 0.3) is 0 Å². The number of likely N-dealkylation sites (tertiary alicyclic amines) is 1. The highest BCUT2D eigenvalue weighted by molar-refractivity contribution is 6.05. The van der Waals surface area contributed by atoms with Gasteiger partial charge in [-0.05, 0) is 75.1 Å². The Balaban J connectivity index is 1.50. The van der Waals surface area contributed by atoms with Crippen molar-refractivity contribution in [3.63, 3.8) is 0 Å². The molecular weight excluding hydrogens is 662 g/mol. The van der Waals surface area contributed by atoms with Crippen molar-refractivity contribution < 1.29 is 38.5 Å². The molecule has 52 heavy (non-hydrogen) atoms. The number of nitrogens with one attached hydrogen (secondary N) is 1. The second kappa shape index (κ2) is 17.5. The SMILES string of the molecule is C=CCCC(=O)N[C@H](COC)[C@H](OC(=O)[C@@H]1[C@H]2C(=O)N(CCCCCO)[C@H](C(=O)N(CC=C)c3cc(C)ccc3C)[C@]23CC[C@H]1O3)c1ccccc1. The Morgan fingerprint density at radius 3 is 2.58 bits per heavy atom. The van der Waals surface area contributed by atoms with E-state index in [0.29, 0.717) is 44.1 Å². The number of rotatable bonds is 19. The van der Waals surface area contributed by atoms with E-state index in [4.69, 9.17) is 14.2 Å². The van der Waals surface area contributed by atoms with Crippen molar-refractivity contribution in [2.45, 2.75) is 88.7 Å². The van der Waals surface area contributed by atoms with E-state index in [1.807, 2.05) is 62.4 Å². The number of amides is 3. The summed E-state index contributed by atoms with van der Waals surface area (Å²) in [7, 11) is 1.51. The summed E-state index contributed by atoms with van der Waals surface area (Å²) in [5.74, 6) is -3.35. The number of benzene rings is 2. The van der Waals surface area contributed by atoms with Crippen LogP contribution in [0.3, 0.4) is 0 Å². The van der Waals surface area contributed by atoms with Crippen LogP contribution in [-0.4, -0.2) is 90.9 Å². The number of aliphatic hydroxyl groups is 1. The highest BCUT2D eigenvalue weighted by Crippen LogP contribution is 2.59. The van der Waals surface area contributed by atoms with Gasteiger partial charge < -0.3 is 34.4 Å². The van der Waals surface area contributed by atoms with Crippen molar-refractivity contribution in [2.75, 3.05) is 38.3 Å². The van der Waals surface area contributed by atoms with E-state index in [1.165, 1.54) is 7.11 Å². The molecule has 3 amide bonds. The summed E-state index contributed by atoms with van der Waals surface area (Å²) < 4.78 is 18.5. The number of unbranched alkanes of at least 4 members (excludes halogenated alkanes) is 2. The van der Waals surface area contributed by atoms with E-state index in [9.17, 15) is 24.3 Å². The lowest BCUT2D eigenvalue weighted by atomic mass is 9.70. The molecule has 2 aromatic carbocycles. The van der Waals surface area contributed by atoms with E-state index in [-0.39, 0.29) is 50.4 Å². The van der Waals surface area contributed by atoms with Crippen LogP contribution < -0.4 is 10.2 Å². The first-order valence-electron chi connectivity index (χ1n) is 18.3. The van der Waals surface area contributed by atoms with Gasteiger partial charge in [0.15, 0.2) is 0 Å². The van der Waals surface area contributed by atoms with Gasteiger partial charge in [0.1, 0.15) is 17.7 Å². The fraction of sp³-hybridized carbons (Fsp3) is 0.512. The average molecular weight is 716 g/mol. The van der Waals surface area contributed by atoms with Gasteiger partial charge in [-0.15, -0.1) is 13.2 Å². The van der Waals surface area contributed by atoms with E-state index < -0.39 is 47.7 Å². The third-order valence-electron chi connectivity index (χ3n) is 10.6. The topological polar surface area (TPSA) is 135 Å². The Morgan fingerprint density at radius 2 is 1.88 bits per heavy atom. The van der Waals surface area contributed by atoms with Crippen molar-refractivity contribution in [1.82, 2.24) is 10.2 Å². The van der Waals surface area contributed by atoms with Gasteiger partial charge in [-0.25, -0.2) is 0 Å². The Bertz CT molecular complexity index is 1610. The quantitative estimate of drug-likeness (QED) is 0.121. The van der Waals surface area contributed by atoms with Gasteiger partial charge in [-0.3, -0.25) is 19.2 Å². The number of carbonyl (C=O) groups is 4. The normalized spacial score (nSPS) is 24.2. The third-order valence-corrected chi connectivity index (χ3v) is 10.6. The third kappa shape index (κ3) is 7.86. The Labute approximate surface area is 307 Å². The fourth-order valence-corrected chi connectivity index (χ4v) is 8.23. The van der Waals surface area contributed by atoms with E-state index in [2.05, 4.69) is 18.5 Å². The fourth-order valence-electron chi connectivity index (χ4n) is 8.23. The molecule has 1 spiro atoms. The van der Waals surface area contributed by atoms with Crippen molar-refractivity contribution in [3.05, 3.63) is 90.5 Å². The predicted molar refractivity (Wildman–Crippen MR) is 197 cm³/mol. The molecule has 3 heterocycles. The molecule has 280 valence electrons. The van der Waals surface area contributed by atoms with Crippen LogP contribution >= 0.6 is 0 Å². The zero-order valence-electron chi connectivity index (χ0n) is 30.6. The zero-order valence-corrected chi connectivity index (χ0v) is 30.6. The second-order valence-electron chi connectivity index (χ2n) is 14.1. The number of methoxy groups -OCH3 is 1. The summed E-state index contributed by atoms with van der Waals surface area (Å²) in [6, 6.07) is 13.4. The highest BCUT2D eigenvalue weighted by Gasteiger charge is 2.75. The van der Waals surface area contributed by atoms with Crippen LogP contribution in [0.1, 0.15) is 67.7 Å². The van der Waals surface area contributed by atoms with E-state index in [1.54, 1.807) is 22.0 Å². The number of nitrogens with zero attached hydrogens (tertiary/aromatic N) is 2. The first-order chi connectivity index (χ1) is 25.1. The van der Waals surface area contributed by atoms with Crippen LogP contribution in [-0.2, 0) is 33.4 Å². The number of aryl methyl sites for hydroxylation is 2. The van der Waals surface area contributed by atoms with Crippen LogP contribution in [0.5, 0.6) is 0 Å². The van der Waals surface area contributed by atoms with Crippen LogP contribution in [0.15, 0.2) is 73.8 Å². The summed E-state index contributed by atoms with van der Waals surface area (Å²) in [6.45, 7) is 12.1. The molecule has 11 heteroatoms. The number of fused-ring (bicyclic) bond motifs is 1. The summed E-state index contributed by atoms with van der Waals surface area (Å²) >= 11 is 0. The van der Waals surface area contributed by atoms with Gasteiger partial charge in [-0.1, -0.05) is 54.6 Å². The molecular formula is C41H53N3O8. The molecule has 11 nitrogen and oxygen atoms in total. The maximum absolute atomic E-state index is 14.9. The van der Waals surface area contributed by atoms with Crippen molar-refractivity contribution in [2.24, 2.45) is 11.8 Å². The molecule has 3 aliphatic heterocycles. The largest absolute Gasteiger partial charge is 0.455 e. The smallest absolute Gasteiger partial charge is 0.313 e. The number of carbonyl (C=O) groups excluding carboxylic acids is 4. The molecule has 0 saturated carbocycles. The number of esters is 1. The Hall–Kier alpha value is -4.32. The number of ether oxygens (including phenoxy) is 3. The standard InChI is InChI=1S/C41H53N3O8/c1-6-8-17-33(46)42-30(26-50-5)36(29-15-11-9-12-16-29)51-40(49)34-32-20-21-41(52-32)35(34)38(47)44(23-13-10-14-24-45)37(41)39(48)43(22-7-2)31-25-27(3)18-19-28(31)4/h6-7,9,11-12,15-16,18-19,25,30,32,34-37,45H,1-2,8,10,13-14,17,20-24,26H2,3-5H3,(H,42,46)/t30-,32-,34+,35+,36-,37-,41+/m1/s1. The number of aliphatic hydroxyl groups excluding tert-OH is 1. The van der Waals surface area contributed by atoms with Gasteiger partial charge in [0.2, 0.25) is 11.8 Å². The molecule has 0 unspecified atom stereocenters. The minimum Gasteiger partial charge on any atom is -0.455 e. The van der Waals surface area contributed by atoms with Gasteiger partial charge in [0.25, 0.3) is 5.91 Å². The van der Waals surface area contributed by atoms with E-state index in [0.717, 1.165) is 16.8 Å². The molecule has 7 atom stereocenters. The molecule has 0 aromatic heterocycles. The maximum Gasteiger partial charge on any atom is 0.313 e. The molecule has 2 bridgehead atoms. The molecule has 3 fully saturated rings. The van der Waals surface area contributed by atoms with Gasteiger partial charge in [0.05, 0.1) is 30.6 Å². The number of hydrogen-bond acceptors (Lipinski definition) is 8. The minimum atomic E-state index is -1.23. The lowest BCUT2D eigenvalue weighted by Gasteiger charge is -2.37. The average Bonchev–Trinajstić information content (AvgIpc) is 3.78. The lowest BCUT2D eigenvalue weighted by Crippen LogP contribution is -2.56. The van der Waals surface area contributed by atoms with Crippen molar-refractivity contribution in [3.8, 4) is 0 Å². The predicted octanol–water partition coefficient (Wildman–Crippen LogP) is 4.74. The zero-order chi connectivity index (χ0) is 37.4. The summed E-state index contributed by atoms with van der Waals surface area (Å²) in [6.07, 6.45) is 5.20. The number of hydrogen-bond donors (Lipinski definition) is 2. The highest BCUT2D eigenvalue weighted by atomic mass is 16.6. The molecule has 3 saturated heterocycles. The Kier molecular flexibility index (Phi) is 13.1. The van der Waals surface area contributed by atoms with E-state index >= 15 is 0 Å². The lowest BCUT2D eigenvalue weighted by molar-refractivity contribution is -0.163. The van der Waals surface area contributed by atoms with Crippen LogP contribution in [0.4, 0.5) is 5.69 Å². The monoisotopic (exact) mass is 715 g/mol. The summed E-state index contributed by atoms with van der Waals surface area (Å²) in [4.78, 5) is 60.3. The second-order valence-corrected chi connectivity index (χ2v) is 14.1. The minimum absolute atomic E-state index is 0.0304. The summed E-state index contributed by atoms with van der Waals surface area (Å²) in [5, 5.41) is 12.4. The maximum atomic E-state index is 14.9. The molecule has 2 N–H and O–H groups in total. The molecule has 0 radical (unpaired) electrons. The molecule has 5 rings (SSSR count). The van der Waals surface area contributed by atoms with Crippen molar-refractivity contribution in [1.29, 1.82) is 0 Å². The van der Waals surface area contributed by atoms with Crippen LogP contribution in [0, 0.1) is 25.7 Å². The molecule has 0 aliphatic carbocycles. The number of allylic oxidation sites excluding steroid dienone is 1. The van der Waals surface area contributed by atoms with Gasteiger partial charge in [-0.2, -0.15) is 0 Å². The van der Waals surface area contributed by atoms with Gasteiger partial charge in [0, 0.05) is 38.9 Å². The van der Waals surface area contributed by atoms with Crippen LogP contribution in [0.2, 0.25) is 0 Å². The Morgan fingerprint density at radius 1 is 1.12 bits per heavy atom. The first-order valence-corrected chi connectivity index (χ1v) is 18.3. The van der Waals surface area contributed by atoms with Crippen molar-refractivity contribution >= 4 is 29.4 Å². The number of anilines is 1.